The molecule has 7 heteroatoms. The number of nitrogen functional groups attached to an aromatic ring is 1. The van der Waals surface area contributed by atoms with Gasteiger partial charge in [-0.15, -0.1) is 0 Å². The standard InChI is InChI=1S/C11H11F2N3O2/c1-16-8(14)4-7(15-16)9-10(17)5(12)3-6(13)11(9)18-2/h3-4,17H,14H2,1-2H3. The van der Waals surface area contributed by atoms with E-state index in [1.165, 1.54) is 17.9 Å². The van der Waals surface area contributed by atoms with Gasteiger partial charge in [0.1, 0.15) is 11.5 Å². The number of aryl methyl sites for hydroxylation is 1. The van der Waals surface area contributed by atoms with E-state index in [2.05, 4.69) is 5.10 Å². The van der Waals surface area contributed by atoms with Crippen molar-refractivity contribution in [2.75, 3.05) is 12.8 Å². The number of halogens is 2. The highest BCUT2D eigenvalue weighted by atomic mass is 19.1. The zero-order valence-corrected chi connectivity index (χ0v) is 9.74. The molecule has 0 amide bonds. The molecule has 0 unspecified atom stereocenters. The molecule has 0 spiro atoms. The van der Waals surface area contributed by atoms with Gasteiger partial charge in [-0.3, -0.25) is 4.68 Å². The number of rotatable bonds is 2. The fourth-order valence-corrected chi connectivity index (χ4v) is 1.63. The Morgan fingerprint density at radius 3 is 2.50 bits per heavy atom. The first-order chi connectivity index (χ1) is 8.45. The van der Waals surface area contributed by atoms with Crippen molar-refractivity contribution in [2.24, 2.45) is 7.05 Å². The lowest BCUT2D eigenvalue weighted by molar-refractivity contribution is 0.373. The summed E-state index contributed by atoms with van der Waals surface area (Å²) in [5.41, 5.74) is 5.55. The van der Waals surface area contributed by atoms with Crippen molar-refractivity contribution in [3.05, 3.63) is 23.8 Å². The number of phenolic OH excluding ortho intramolecular Hbond substituents is 1. The lowest BCUT2D eigenvalue weighted by atomic mass is 10.1. The largest absolute Gasteiger partial charge is 0.504 e. The Kier molecular flexibility index (Phi) is 2.82. The van der Waals surface area contributed by atoms with Gasteiger partial charge in [0.2, 0.25) is 0 Å². The van der Waals surface area contributed by atoms with E-state index < -0.39 is 17.4 Å². The second-order valence-electron chi connectivity index (χ2n) is 3.68. The number of aromatic hydroxyl groups is 1. The average molecular weight is 255 g/mol. The predicted octanol–water partition coefficient (Wildman–Crippen LogP) is 1.66. The highest BCUT2D eigenvalue weighted by Gasteiger charge is 2.22. The van der Waals surface area contributed by atoms with Crippen LogP contribution >= 0.6 is 0 Å². The van der Waals surface area contributed by atoms with Gasteiger partial charge in [-0.1, -0.05) is 0 Å². The molecule has 0 aliphatic rings. The Labute approximate surface area is 101 Å². The molecule has 1 aromatic carbocycles. The maximum Gasteiger partial charge on any atom is 0.168 e. The summed E-state index contributed by atoms with van der Waals surface area (Å²) in [7, 11) is 2.78. The first-order valence-electron chi connectivity index (χ1n) is 5.00. The van der Waals surface area contributed by atoms with Crippen LogP contribution in [0.5, 0.6) is 11.5 Å². The molecule has 0 atom stereocenters. The third-order valence-corrected chi connectivity index (χ3v) is 2.54. The summed E-state index contributed by atoms with van der Waals surface area (Å²) in [5, 5.41) is 13.6. The molecule has 0 radical (unpaired) electrons. The second-order valence-corrected chi connectivity index (χ2v) is 3.68. The van der Waals surface area contributed by atoms with Crippen LogP contribution in [-0.2, 0) is 7.05 Å². The van der Waals surface area contributed by atoms with Gasteiger partial charge in [-0.2, -0.15) is 5.10 Å². The molecule has 2 rings (SSSR count). The van der Waals surface area contributed by atoms with Gasteiger partial charge in [-0.05, 0) is 0 Å². The summed E-state index contributed by atoms with van der Waals surface area (Å²) in [5.74, 6) is -2.74. The number of methoxy groups -OCH3 is 1. The first-order valence-corrected chi connectivity index (χ1v) is 5.00. The van der Waals surface area contributed by atoms with Gasteiger partial charge < -0.3 is 15.6 Å². The van der Waals surface area contributed by atoms with Crippen LogP contribution in [0, 0.1) is 11.6 Å². The van der Waals surface area contributed by atoms with Crippen molar-refractivity contribution >= 4 is 5.82 Å². The molecule has 18 heavy (non-hydrogen) atoms. The number of aromatic nitrogens is 2. The molecule has 0 aliphatic carbocycles. The van der Waals surface area contributed by atoms with Gasteiger partial charge >= 0.3 is 0 Å². The highest BCUT2D eigenvalue weighted by Crippen LogP contribution is 2.41. The molecule has 5 nitrogen and oxygen atoms in total. The fourth-order valence-electron chi connectivity index (χ4n) is 1.63. The van der Waals surface area contributed by atoms with Crippen LogP contribution in [0.4, 0.5) is 14.6 Å². The molecule has 0 aliphatic heterocycles. The Morgan fingerprint density at radius 1 is 1.33 bits per heavy atom. The molecule has 2 aromatic rings. The topological polar surface area (TPSA) is 73.3 Å². The summed E-state index contributed by atoms with van der Waals surface area (Å²) < 4.78 is 33.0. The number of phenols is 1. The van der Waals surface area contributed by atoms with E-state index in [4.69, 9.17) is 10.5 Å². The second kappa shape index (κ2) is 4.17. The smallest absolute Gasteiger partial charge is 0.168 e. The van der Waals surface area contributed by atoms with E-state index in [-0.39, 0.29) is 22.8 Å². The van der Waals surface area contributed by atoms with Crippen molar-refractivity contribution in [3.63, 3.8) is 0 Å². The van der Waals surface area contributed by atoms with Crippen molar-refractivity contribution in [3.8, 4) is 22.8 Å². The van der Waals surface area contributed by atoms with Crippen LogP contribution in [-0.4, -0.2) is 22.0 Å². The number of nitrogens with zero attached hydrogens (tertiary/aromatic N) is 2. The van der Waals surface area contributed by atoms with Gasteiger partial charge in [0, 0.05) is 19.2 Å². The third kappa shape index (κ3) is 1.73. The van der Waals surface area contributed by atoms with Crippen molar-refractivity contribution in [1.29, 1.82) is 0 Å². The number of anilines is 1. The van der Waals surface area contributed by atoms with Crippen LogP contribution in [0.15, 0.2) is 12.1 Å². The van der Waals surface area contributed by atoms with E-state index in [0.29, 0.717) is 6.07 Å². The van der Waals surface area contributed by atoms with Crippen LogP contribution in [0.1, 0.15) is 0 Å². The SMILES string of the molecule is COc1c(F)cc(F)c(O)c1-c1cc(N)n(C)n1. The summed E-state index contributed by atoms with van der Waals surface area (Å²) in [4.78, 5) is 0. The number of ether oxygens (including phenoxy) is 1. The Balaban J connectivity index is 2.76. The van der Waals surface area contributed by atoms with E-state index in [1.54, 1.807) is 7.05 Å². The van der Waals surface area contributed by atoms with Gasteiger partial charge in [0.05, 0.1) is 12.7 Å². The number of benzene rings is 1. The molecular weight excluding hydrogens is 244 g/mol. The van der Waals surface area contributed by atoms with Crippen LogP contribution < -0.4 is 10.5 Å². The molecule has 3 N–H and O–H groups in total. The minimum Gasteiger partial charge on any atom is -0.504 e. The van der Waals surface area contributed by atoms with E-state index in [9.17, 15) is 13.9 Å². The van der Waals surface area contributed by atoms with Crippen molar-refractivity contribution in [2.45, 2.75) is 0 Å². The minimum atomic E-state index is -1.09. The zero-order chi connectivity index (χ0) is 13.4. The number of hydrogen-bond donors (Lipinski definition) is 2. The lowest BCUT2D eigenvalue weighted by Crippen LogP contribution is -1.98. The maximum atomic E-state index is 13.5. The lowest BCUT2D eigenvalue weighted by Gasteiger charge is -2.10. The van der Waals surface area contributed by atoms with E-state index >= 15 is 0 Å². The van der Waals surface area contributed by atoms with Crippen LogP contribution in [0.3, 0.4) is 0 Å². The maximum absolute atomic E-state index is 13.5. The molecule has 1 heterocycles. The predicted molar refractivity (Wildman–Crippen MR) is 61.2 cm³/mol. The average Bonchev–Trinajstić information content (AvgIpc) is 2.63. The summed E-state index contributed by atoms with van der Waals surface area (Å²) >= 11 is 0. The molecule has 0 bridgehead atoms. The highest BCUT2D eigenvalue weighted by molar-refractivity contribution is 5.75. The van der Waals surface area contributed by atoms with E-state index in [1.807, 2.05) is 0 Å². The molecule has 0 saturated heterocycles. The minimum absolute atomic E-state index is 0.128. The van der Waals surface area contributed by atoms with Crippen LogP contribution in [0.2, 0.25) is 0 Å². The third-order valence-electron chi connectivity index (χ3n) is 2.54. The summed E-state index contributed by atoms with van der Waals surface area (Å²) in [6.45, 7) is 0. The van der Waals surface area contributed by atoms with Crippen molar-refractivity contribution < 1.29 is 18.6 Å². The fraction of sp³-hybridized carbons (Fsp3) is 0.182. The molecular formula is C11H11F2N3O2. The summed E-state index contributed by atoms with van der Waals surface area (Å²) in [6, 6.07) is 1.93. The molecule has 0 saturated carbocycles. The first kappa shape index (κ1) is 12.2. The molecule has 0 fully saturated rings. The van der Waals surface area contributed by atoms with Gasteiger partial charge in [0.25, 0.3) is 0 Å². The normalized spacial score (nSPS) is 10.7. The van der Waals surface area contributed by atoms with Gasteiger partial charge in [0.15, 0.2) is 23.1 Å². The summed E-state index contributed by atoms with van der Waals surface area (Å²) in [6.07, 6.45) is 0. The van der Waals surface area contributed by atoms with Crippen molar-refractivity contribution in [1.82, 2.24) is 9.78 Å². The monoisotopic (exact) mass is 255 g/mol. The Morgan fingerprint density at radius 2 is 2.00 bits per heavy atom. The number of nitrogens with two attached hydrogens (primary N) is 1. The van der Waals surface area contributed by atoms with E-state index in [0.717, 1.165) is 0 Å². The molecule has 1 aromatic heterocycles. The Bertz CT molecular complexity index is 591. The number of hydrogen-bond acceptors (Lipinski definition) is 4. The zero-order valence-electron chi connectivity index (χ0n) is 9.74. The van der Waals surface area contributed by atoms with Gasteiger partial charge in [-0.25, -0.2) is 8.78 Å². The quantitative estimate of drug-likeness (QED) is 0.856. The van der Waals surface area contributed by atoms with Crippen LogP contribution in [0.25, 0.3) is 11.3 Å². The molecule has 96 valence electrons. The Hall–Kier alpha value is -2.31.